The second kappa shape index (κ2) is 8.16. The van der Waals surface area contributed by atoms with Crippen LogP contribution in [0.1, 0.15) is 27.0 Å². The van der Waals surface area contributed by atoms with Gasteiger partial charge in [-0.1, -0.05) is 0 Å². The molecule has 8 nitrogen and oxygen atoms in total. The first-order chi connectivity index (χ1) is 13.5. The number of nitrogens with two attached hydrogens (primary N) is 1. The van der Waals surface area contributed by atoms with E-state index in [0.29, 0.717) is 28.7 Å². The molecule has 3 aromatic rings. The molecule has 1 heterocycles. The first-order valence-corrected chi connectivity index (χ1v) is 8.40. The largest absolute Gasteiger partial charge is 0.438 e. The molecule has 0 bridgehead atoms. The molecule has 140 valence electrons. The molecule has 0 atom stereocenters. The Balaban J connectivity index is 1.81. The molecule has 3 rings (SSSR count). The Kier molecular flexibility index (Phi) is 5.48. The molecule has 0 aliphatic carbocycles. The number of nitriles is 1. The number of ether oxygens (including phenoxy) is 1. The van der Waals surface area contributed by atoms with E-state index >= 15 is 0 Å². The number of nitrogens with zero attached hydrogens (tertiary/aromatic N) is 3. The van der Waals surface area contributed by atoms with Crippen molar-refractivity contribution < 1.29 is 9.53 Å². The lowest BCUT2D eigenvalue weighted by molar-refractivity contribution is 0.0953. The van der Waals surface area contributed by atoms with Crippen LogP contribution in [0.15, 0.2) is 48.7 Å². The number of benzene rings is 2. The van der Waals surface area contributed by atoms with Crippen molar-refractivity contribution in [2.75, 3.05) is 5.32 Å². The van der Waals surface area contributed by atoms with Crippen molar-refractivity contribution in [1.82, 2.24) is 15.4 Å². The number of rotatable bonds is 5. The Bertz CT molecular complexity index is 1030. The number of amides is 1. The fraction of sp³-hybridized carbons (Fsp3) is 0.100. The summed E-state index contributed by atoms with van der Waals surface area (Å²) in [4.78, 5) is 20.3. The van der Waals surface area contributed by atoms with Gasteiger partial charge in [0.05, 0.1) is 11.6 Å². The summed E-state index contributed by atoms with van der Waals surface area (Å²) < 4.78 is 5.93. The van der Waals surface area contributed by atoms with E-state index in [-0.39, 0.29) is 5.91 Å². The van der Waals surface area contributed by atoms with E-state index in [2.05, 4.69) is 26.8 Å². The van der Waals surface area contributed by atoms with Gasteiger partial charge >= 0.3 is 0 Å². The highest BCUT2D eigenvalue weighted by atomic mass is 16.5. The maximum atomic E-state index is 11.7. The quantitative estimate of drug-likeness (QED) is 0.356. The van der Waals surface area contributed by atoms with E-state index < -0.39 is 0 Å². The van der Waals surface area contributed by atoms with Gasteiger partial charge < -0.3 is 10.1 Å². The molecule has 2 aromatic carbocycles. The van der Waals surface area contributed by atoms with Crippen LogP contribution >= 0.6 is 0 Å². The third kappa shape index (κ3) is 4.23. The number of anilines is 2. The van der Waals surface area contributed by atoms with E-state index in [1.54, 1.807) is 48.7 Å². The van der Waals surface area contributed by atoms with E-state index in [1.807, 2.05) is 13.8 Å². The molecule has 8 heteroatoms. The molecule has 0 aliphatic rings. The molecule has 0 spiro atoms. The fourth-order valence-electron chi connectivity index (χ4n) is 2.65. The van der Waals surface area contributed by atoms with E-state index in [4.69, 9.17) is 15.8 Å². The van der Waals surface area contributed by atoms with E-state index in [9.17, 15) is 4.79 Å². The number of aromatic nitrogens is 2. The highest BCUT2D eigenvalue weighted by molar-refractivity contribution is 5.94. The smallest absolute Gasteiger partial charge is 0.265 e. The van der Waals surface area contributed by atoms with Crippen molar-refractivity contribution in [2.24, 2.45) is 5.84 Å². The zero-order chi connectivity index (χ0) is 20.1. The number of nitrogen functional groups attached to an aromatic ring is 1. The summed E-state index contributed by atoms with van der Waals surface area (Å²) in [6.45, 7) is 3.68. The first-order valence-electron chi connectivity index (χ1n) is 8.40. The number of carbonyl (C=O) groups excluding carboxylic acids is 1. The molecule has 0 unspecified atom stereocenters. The van der Waals surface area contributed by atoms with Crippen LogP contribution in [-0.2, 0) is 0 Å². The van der Waals surface area contributed by atoms with Crippen LogP contribution in [0.3, 0.4) is 0 Å². The molecule has 0 fully saturated rings. The topological polar surface area (TPSA) is 126 Å². The van der Waals surface area contributed by atoms with Gasteiger partial charge in [0.2, 0.25) is 11.8 Å². The van der Waals surface area contributed by atoms with Gasteiger partial charge in [0.1, 0.15) is 5.75 Å². The average Bonchev–Trinajstić information content (AvgIpc) is 2.71. The van der Waals surface area contributed by atoms with Gasteiger partial charge in [-0.25, -0.2) is 10.8 Å². The molecular weight excluding hydrogens is 356 g/mol. The molecule has 0 aliphatic heterocycles. The van der Waals surface area contributed by atoms with Gasteiger partial charge in [-0.3, -0.25) is 10.2 Å². The van der Waals surface area contributed by atoms with Crippen molar-refractivity contribution in [1.29, 1.82) is 5.26 Å². The predicted molar refractivity (Wildman–Crippen MR) is 104 cm³/mol. The average molecular weight is 374 g/mol. The predicted octanol–water partition coefficient (Wildman–Crippen LogP) is 3.10. The van der Waals surface area contributed by atoms with Crippen molar-refractivity contribution in [3.8, 4) is 17.7 Å². The maximum absolute atomic E-state index is 11.7. The number of hydrogen-bond acceptors (Lipinski definition) is 7. The Morgan fingerprint density at radius 3 is 2.43 bits per heavy atom. The summed E-state index contributed by atoms with van der Waals surface area (Å²) in [5.74, 6) is 6.15. The van der Waals surface area contributed by atoms with E-state index in [1.165, 1.54) is 0 Å². The second-order valence-corrected chi connectivity index (χ2v) is 6.05. The van der Waals surface area contributed by atoms with Crippen molar-refractivity contribution in [3.05, 3.63) is 70.9 Å². The van der Waals surface area contributed by atoms with Crippen LogP contribution in [0, 0.1) is 25.2 Å². The number of hydrazine groups is 1. The van der Waals surface area contributed by atoms with Crippen LogP contribution in [0.4, 0.5) is 11.6 Å². The van der Waals surface area contributed by atoms with Crippen LogP contribution in [0.25, 0.3) is 0 Å². The summed E-state index contributed by atoms with van der Waals surface area (Å²) in [6, 6.07) is 14.0. The van der Waals surface area contributed by atoms with Crippen molar-refractivity contribution in [3.63, 3.8) is 0 Å². The normalized spacial score (nSPS) is 10.1. The number of aryl methyl sites for hydroxylation is 2. The molecular formula is C20H18N6O2. The highest BCUT2D eigenvalue weighted by Gasteiger charge is 2.12. The fourth-order valence-corrected chi connectivity index (χ4v) is 2.65. The Labute approximate surface area is 162 Å². The lowest BCUT2D eigenvalue weighted by Gasteiger charge is -2.13. The Hall–Kier alpha value is -3.96. The van der Waals surface area contributed by atoms with Gasteiger partial charge in [-0.05, 0) is 61.4 Å². The number of nitrogens with one attached hydrogen (secondary N) is 2. The SMILES string of the molecule is Cc1cc(C(=O)NN)cc(C)c1Oc1ccnc(Nc2ccc(C#N)cc2)n1. The third-order valence-corrected chi connectivity index (χ3v) is 3.96. The Morgan fingerprint density at radius 1 is 1.14 bits per heavy atom. The maximum Gasteiger partial charge on any atom is 0.265 e. The van der Waals surface area contributed by atoms with Gasteiger partial charge in [-0.15, -0.1) is 0 Å². The Morgan fingerprint density at radius 2 is 1.82 bits per heavy atom. The minimum atomic E-state index is -0.367. The summed E-state index contributed by atoms with van der Waals surface area (Å²) in [5, 5.41) is 11.9. The standard InChI is InChI=1S/C20H18N6O2/c1-12-9-15(19(27)26-22)10-13(2)18(12)28-17-7-8-23-20(25-17)24-16-5-3-14(11-21)4-6-16/h3-10H,22H2,1-2H3,(H,26,27)(H,23,24,25). The molecule has 4 N–H and O–H groups in total. The van der Waals surface area contributed by atoms with Gasteiger partial charge in [0.15, 0.2) is 0 Å². The second-order valence-electron chi connectivity index (χ2n) is 6.05. The molecule has 1 amide bonds. The lowest BCUT2D eigenvalue weighted by atomic mass is 10.1. The molecule has 0 saturated heterocycles. The van der Waals surface area contributed by atoms with Crippen molar-refractivity contribution >= 4 is 17.5 Å². The minimum Gasteiger partial charge on any atom is -0.438 e. The third-order valence-electron chi connectivity index (χ3n) is 3.96. The van der Waals surface area contributed by atoms with Crippen LogP contribution in [0.5, 0.6) is 11.6 Å². The van der Waals surface area contributed by atoms with Gasteiger partial charge in [0, 0.05) is 23.5 Å². The van der Waals surface area contributed by atoms with Crippen molar-refractivity contribution in [2.45, 2.75) is 13.8 Å². The zero-order valence-corrected chi connectivity index (χ0v) is 15.4. The van der Waals surface area contributed by atoms with Crippen LogP contribution < -0.4 is 21.3 Å². The molecule has 1 aromatic heterocycles. The van der Waals surface area contributed by atoms with Gasteiger partial charge in [-0.2, -0.15) is 10.2 Å². The highest BCUT2D eigenvalue weighted by Crippen LogP contribution is 2.29. The lowest BCUT2D eigenvalue weighted by Crippen LogP contribution is -2.30. The van der Waals surface area contributed by atoms with E-state index in [0.717, 1.165) is 16.8 Å². The monoisotopic (exact) mass is 374 g/mol. The number of hydrogen-bond donors (Lipinski definition) is 3. The van der Waals surface area contributed by atoms with Crippen LogP contribution in [-0.4, -0.2) is 15.9 Å². The zero-order valence-electron chi connectivity index (χ0n) is 15.4. The minimum absolute atomic E-state index is 0.355. The summed E-state index contributed by atoms with van der Waals surface area (Å²) in [7, 11) is 0. The number of carbonyl (C=O) groups is 1. The molecule has 0 saturated carbocycles. The van der Waals surface area contributed by atoms with Gasteiger partial charge in [0.25, 0.3) is 5.91 Å². The molecule has 28 heavy (non-hydrogen) atoms. The summed E-state index contributed by atoms with van der Waals surface area (Å²) >= 11 is 0. The summed E-state index contributed by atoms with van der Waals surface area (Å²) in [6.07, 6.45) is 1.58. The summed E-state index contributed by atoms with van der Waals surface area (Å²) in [5.41, 5.74) is 5.45. The van der Waals surface area contributed by atoms with Crippen LogP contribution in [0.2, 0.25) is 0 Å². The first kappa shape index (κ1) is 18.8. The molecule has 0 radical (unpaired) electrons.